The van der Waals surface area contributed by atoms with Crippen LogP contribution in [0.5, 0.6) is 0 Å². The van der Waals surface area contributed by atoms with E-state index in [1.54, 1.807) is 8.88 Å². The third kappa shape index (κ3) is 7.96. The molecule has 226 valence electrons. The molecule has 1 aliphatic heterocycles. The van der Waals surface area contributed by atoms with E-state index in [0.717, 1.165) is 27.8 Å². The van der Waals surface area contributed by atoms with Crippen molar-refractivity contribution >= 4 is 23.9 Å². The molecule has 4 aromatic rings. The normalized spacial score (nSPS) is 18.7. The molecule has 1 aliphatic rings. The average molecular weight is 641 g/mol. The van der Waals surface area contributed by atoms with Crippen molar-refractivity contribution in [3.8, 4) is 0 Å². The standard InChI is InChI=1S/C31H35N2O7P3/c1-36-42(34,39-25-28-16-8-4-9-17-28)32-22-30-20-12-13-21-31(30)23-33(41(32)38-24-27-14-6-3-7-15-27)43(35,37-2)40-26-29-18-10-5-11-19-29/h3-21H,22-26H2,1-2H3. The van der Waals surface area contributed by atoms with Crippen molar-refractivity contribution in [3.05, 3.63) is 143 Å². The topological polar surface area (TPSA) is 86.8 Å². The van der Waals surface area contributed by atoms with Crippen LogP contribution in [-0.4, -0.2) is 23.1 Å². The SMILES string of the molecule is COP(=O)(OCc1ccccc1)N1Cc2ccccc2CN(P(=O)(OC)OCc2ccccc2)P1OCc1ccccc1. The lowest BCUT2D eigenvalue weighted by Gasteiger charge is -2.39. The molecule has 0 spiro atoms. The van der Waals surface area contributed by atoms with Crippen LogP contribution in [0.2, 0.25) is 0 Å². The summed E-state index contributed by atoms with van der Waals surface area (Å²) in [6.45, 7) is 0.558. The van der Waals surface area contributed by atoms with Crippen LogP contribution in [0.4, 0.5) is 0 Å². The number of rotatable bonds is 13. The molecule has 0 saturated heterocycles. The first-order valence-corrected chi connectivity index (χ1v) is 17.9. The summed E-state index contributed by atoms with van der Waals surface area (Å²) in [5.41, 5.74) is 4.28. The highest BCUT2D eigenvalue weighted by molar-refractivity contribution is 7.71. The highest BCUT2D eigenvalue weighted by Gasteiger charge is 2.51. The maximum absolute atomic E-state index is 14.7. The predicted molar refractivity (Wildman–Crippen MR) is 167 cm³/mol. The quantitative estimate of drug-likeness (QED) is 0.133. The molecule has 0 saturated carbocycles. The van der Waals surface area contributed by atoms with Crippen LogP contribution in [0.15, 0.2) is 115 Å². The lowest BCUT2D eigenvalue weighted by Crippen LogP contribution is -2.26. The number of hydrogen-bond donors (Lipinski definition) is 0. The van der Waals surface area contributed by atoms with E-state index in [1.165, 1.54) is 14.2 Å². The van der Waals surface area contributed by atoms with Crippen molar-refractivity contribution in [1.29, 1.82) is 0 Å². The number of fused-ring (bicyclic) bond motifs is 1. The molecule has 0 radical (unpaired) electrons. The monoisotopic (exact) mass is 640 g/mol. The predicted octanol–water partition coefficient (Wildman–Crippen LogP) is 8.69. The van der Waals surface area contributed by atoms with Gasteiger partial charge in [-0.2, -0.15) is 0 Å². The van der Waals surface area contributed by atoms with Gasteiger partial charge in [0.2, 0.25) is 8.45 Å². The van der Waals surface area contributed by atoms with Crippen molar-refractivity contribution in [1.82, 2.24) is 8.88 Å². The largest absolute Gasteiger partial charge is 0.414 e. The summed E-state index contributed by atoms with van der Waals surface area (Å²) >= 11 is 0. The van der Waals surface area contributed by atoms with E-state index >= 15 is 0 Å². The van der Waals surface area contributed by atoms with Crippen LogP contribution in [0.25, 0.3) is 0 Å². The maximum atomic E-state index is 14.7. The molecular formula is C31H35N2O7P3. The molecule has 0 aliphatic carbocycles. The molecule has 4 aromatic carbocycles. The molecule has 43 heavy (non-hydrogen) atoms. The fourth-order valence-corrected chi connectivity index (χ4v) is 11.3. The fraction of sp³-hybridized carbons (Fsp3) is 0.226. The zero-order valence-corrected chi connectivity index (χ0v) is 26.8. The molecule has 0 N–H and O–H groups in total. The number of benzene rings is 4. The van der Waals surface area contributed by atoms with Crippen molar-refractivity contribution < 1.29 is 31.7 Å². The highest BCUT2D eigenvalue weighted by Crippen LogP contribution is 2.74. The zero-order chi connectivity index (χ0) is 30.1. The second kappa shape index (κ2) is 15.0. The van der Waals surface area contributed by atoms with Crippen molar-refractivity contribution in [2.24, 2.45) is 0 Å². The van der Waals surface area contributed by atoms with Gasteiger partial charge >= 0.3 is 15.5 Å². The second-order valence-electron chi connectivity index (χ2n) is 9.66. The summed E-state index contributed by atoms with van der Waals surface area (Å²) in [7, 11) is -7.48. The van der Waals surface area contributed by atoms with Gasteiger partial charge in [0.1, 0.15) is 0 Å². The van der Waals surface area contributed by atoms with Gasteiger partial charge in [-0.3, -0.25) is 18.1 Å². The fourth-order valence-electron chi connectivity index (χ4n) is 4.50. The Morgan fingerprint density at radius 1 is 0.558 bits per heavy atom. The Balaban J connectivity index is 1.56. The van der Waals surface area contributed by atoms with E-state index in [1.807, 2.05) is 115 Å². The lowest BCUT2D eigenvalue weighted by molar-refractivity contribution is 0.175. The summed E-state index contributed by atoms with van der Waals surface area (Å²) in [5, 5.41) is 0. The van der Waals surface area contributed by atoms with Crippen LogP contribution >= 0.6 is 23.9 Å². The van der Waals surface area contributed by atoms with E-state index in [2.05, 4.69) is 0 Å². The summed E-state index contributed by atoms with van der Waals surface area (Å²) < 4.78 is 62.5. The average Bonchev–Trinajstić information content (AvgIpc) is 3.24. The second-order valence-corrected chi connectivity index (χ2v) is 16.1. The molecule has 1 heterocycles. The lowest BCUT2D eigenvalue weighted by atomic mass is 10.1. The summed E-state index contributed by atoms with van der Waals surface area (Å²) in [6.07, 6.45) is 0. The van der Waals surface area contributed by atoms with Gasteiger partial charge in [-0.1, -0.05) is 115 Å². The Morgan fingerprint density at radius 3 is 1.28 bits per heavy atom. The minimum atomic E-state index is -4.03. The Bertz CT molecular complexity index is 1450. The molecule has 0 aromatic heterocycles. The summed E-state index contributed by atoms with van der Waals surface area (Å²) in [5.74, 6) is 0. The number of hydrogen-bond acceptors (Lipinski definition) is 7. The van der Waals surface area contributed by atoms with Gasteiger partial charge in [-0.15, -0.1) is 8.88 Å². The third-order valence-electron chi connectivity index (χ3n) is 6.83. The first-order chi connectivity index (χ1) is 20.9. The van der Waals surface area contributed by atoms with Gasteiger partial charge in [0, 0.05) is 27.3 Å². The molecule has 2 atom stereocenters. The molecule has 9 nitrogen and oxygen atoms in total. The van der Waals surface area contributed by atoms with E-state index in [4.69, 9.17) is 22.6 Å². The minimum Gasteiger partial charge on any atom is -0.326 e. The Labute approximate surface area is 254 Å². The molecule has 0 amide bonds. The number of nitrogens with zero attached hydrogens (tertiary/aromatic N) is 2. The van der Waals surface area contributed by atoms with Crippen LogP contribution in [0.1, 0.15) is 27.8 Å². The highest BCUT2D eigenvalue weighted by atomic mass is 31.3. The minimum absolute atomic E-state index is 0.0401. The Kier molecular flexibility index (Phi) is 11.1. The van der Waals surface area contributed by atoms with Gasteiger partial charge in [-0.05, 0) is 27.8 Å². The van der Waals surface area contributed by atoms with Crippen molar-refractivity contribution in [3.63, 3.8) is 0 Å². The van der Waals surface area contributed by atoms with E-state index in [-0.39, 0.29) is 32.9 Å². The Morgan fingerprint density at radius 2 is 0.907 bits per heavy atom. The maximum Gasteiger partial charge on any atom is 0.414 e. The molecule has 0 fully saturated rings. The zero-order valence-electron chi connectivity index (χ0n) is 24.1. The molecule has 5 rings (SSSR count). The molecule has 12 heteroatoms. The van der Waals surface area contributed by atoms with Crippen molar-refractivity contribution in [2.75, 3.05) is 14.2 Å². The molecule has 0 bridgehead atoms. The van der Waals surface area contributed by atoms with Gasteiger partial charge in [0.05, 0.1) is 19.8 Å². The summed E-state index contributed by atoms with van der Waals surface area (Å²) in [6, 6.07) is 36.2. The van der Waals surface area contributed by atoms with Gasteiger partial charge in [-0.25, -0.2) is 9.13 Å². The Hall–Kier alpha value is -2.51. The third-order valence-corrected chi connectivity index (χ3v) is 13.7. The molecular weight excluding hydrogens is 605 g/mol. The molecule has 2 unspecified atom stereocenters. The van der Waals surface area contributed by atoms with Gasteiger partial charge in [0.15, 0.2) is 0 Å². The van der Waals surface area contributed by atoms with E-state index in [0.29, 0.717) is 0 Å². The van der Waals surface area contributed by atoms with Crippen molar-refractivity contribution in [2.45, 2.75) is 32.9 Å². The van der Waals surface area contributed by atoms with Crippen LogP contribution in [0, 0.1) is 0 Å². The van der Waals surface area contributed by atoms with Crippen LogP contribution in [0.3, 0.4) is 0 Å². The van der Waals surface area contributed by atoms with E-state index in [9.17, 15) is 9.13 Å². The summed E-state index contributed by atoms with van der Waals surface area (Å²) in [4.78, 5) is 0. The van der Waals surface area contributed by atoms with Crippen LogP contribution in [-0.2, 0) is 64.7 Å². The van der Waals surface area contributed by atoms with Gasteiger partial charge < -0.3 is 4.52 Å². The van der Waals surface area contributed by atoms with Crippen LogP contribution < -0.4 is 0 Å². The first kappa shape index (κ1) is 31.9. The smallest absolute Gasteiger partial charge is 0.326 e. The first-order valence-electron chi connectivity index (χ1n) is 13.7. The van der Waals surface area contributed by atoms with E-state index < -0.39 is 23.9 Å². The van der Waals surface area contributed by atoms with Gasteiger partial charge in [0.25, 0.3) is 0 Å².